The highest BCUT2D eigenvalue weighted by molar-refractivity contribution is 7.92. The van der Waals surface area contributed by atoms with Gasteiger partial charge in [-0.15, -0.1) is 0 Å². The summed E-state index contributed by atoms with van der Waals surface area (Å²) < 4.78 is 39.3. The van der Waals surface area contributed by atoms with E-state index in [4.69, 9.17) is 9.47 Å². The van der Waals surface area contributed by atoms with Crippen molar-refractivity contribution in [3.8, 4) is 11.5 Å². The zero-order chi connectivity index (χ0) is 29.3. The molecule has 3 aromatic carbocycles. The lowest BCUT2D eigenvalue weighted by molar-refractivity contribution is -0.140. The molecule has 0 saturated heterocycles. The smallest absolute Gasteiger partial charge is 0.264 e. The molecule has 0 aromatic heterocycles. The quantitative estimate of drug-likeness (QED) is 0.332. The zero-order valence-electron chi connectivity index (χ0n) is 23.5. The van der Waals surface area contributed by atoms with E-state index in [9.17, 15) is 18.0 Å². The maximum absolute atomic E-state index is 14.1. The summed E-state index contributed by atoms with van der Waals surface area (Å²) in [7, 11) is -1.10. The highest BCUT2D eigenvalue weighted by Gasteiger charge is 2.34. The van der Waals surface area contributed by atoms with E-state index in [1.54, 1.807) is 61.7 Å². The first-order valence-electron chi connectivity index (χ1n) is 13.0. The molecule has 10 heteroatoms. The number of ether oxygens (including phenoxy) is 2. The summed E-state index contributed by atoms with van der Waals surface area (Å²) in [4.78, 5) is 28.7. The maximum atomic E-state index is 14.1. The summed E-state index contributed by atoms with van der Waals surface area (Å²) in [6, 6.07) is 20.7. The normalized spacial score (nSPS) is 11.9. The van der Waals surface area contributed by atoms with Crippen molar-refractivity contribution in [3.63, 3.8) is 0 Å². The number of nitrogens with one attached hydrogen (secondary N) is 1. The van der Waals surface area contributed by atoms with Crippen LogP contribution in [0.4, 0.5) is 5.69 Å². The molecular formula is C30H37N3O6S. The minimum Gasteiger partial charge on any atom is -0.497 e. The maximum Gasteiger partial charge on any atom is 0.264 e. The molecule has 0 saturated carbocycles. The monoisotopic (exact) mass is 567 g/mol. The number of anilines is 1. The summed E-state index contributed by atoms with van der Waals surface area (Å²) in [6.07, 6.45) is 0.338. The van der Waals surface area contributed by atoms with Crippen molar-refractivity contribution >= 4 is 27.5 Å². The number of amides is 2. The predicted octanol–water partition coefficient (Wildman–Crippen LogP) is 4.23. The zero-order valence-corrected chi connectivity index (χ0v) is 24.4. The van der Waals surface area contributed by atoms with Crippen LogP contribution in [0.15, 0.2) is 83.8 Å². The summed E-state index contributed by atoms with van der Waals surface area (Å²) in [5.41, 5.74) is 1.03. The Labute approximate surface area is 236 Å². The van der Waals surface area contributed by atoms with Crippen LogP contribution < -0.4 is 19.1 Å². The minimum absolute atomic E-state index is 0.0388. The number of carbonyl (C=O) groups excluding carboxylic acids is 2. The number of hydrogen-bond donors (Lipinski definition) is 1. The van der Waals surface area contributed by atoms with E-state index >= 15 is 0 Å². The molecule has 0 radical (unpaired) electrons. The molecule has 9 nitrogen and oxygen atoms in total. The van der Waals surface area contributed by atoms with Crippen molar-refractivity contribution in [1.29, 1.82) is 0 Å². The number of carbonyl (C=O) groups is 2. The topological polar surface area (TPSA) is 105 Å². The van der Waals surface area contributed by atoms with Gasteiger partial charge in [-0.3, -0.25) is 13.9 Å². The average Bonchev–Trinajstić information content (AvgIpc) is 2.96. The molecule has 3 aromatic rings. The Hall–Kier alpha value is -4.05. The van der Waals surface area contributed by atoms with Crippen LogP contribution in [0.3, 0.4) is 0 Å². The second kappa shape index (κ2) is 13.8. The molecule has 40 heavy (non-hydrogen) atoms. The van der Waals surface area contributed by atoms with Gasteiger partial charge < -0.3 is 19.7 Å². The van der Waals surface area contributed by atoms with Crippen molar-refractivity contribution in [1.82, 2.24) is 10.2 Å². The van der Waals surface area contributed by atoms with Crippen LogP contribution in [-0.2, 0) is 26.2 Å². The van der Waals surface area contributed by atoms with E-state index in [0.29, 0.717) is 17.9 Å². The largest absolute Gasteiger partial charge is 0.497 e. The van der Waals surface area contributed by atoms with Gasteiger partial charge in [-0.2, -0.15) is 0 Å². The molecular weight excluding hydrogens is 530 g/mol. The van der Waals surface area contributed by atoms with Crippen molar-refractivity contribution in [3.05, 3.63) is 84.4 Å². The molecule has 2 amide bonds. The van der Waals surface area contributed by atoms with Gasteiger partial charge in [0.25, 0.3) is 10.0 Å². The first kappa shape index (κ1) is 30.5. The Morgan fingerprint density at radius 3 is 2.10 bits per heavy atom. The third-order valence-electron chi connectivity index (χ3n) is 6.28. The Bertz CT molecular complexity index is 1380. The van der Waals surface area contributed by atoms with Gasteiger partial charge >= 0.3 is 0 Å². The summed E-state index contributed by atoms with van der Waals surface area (Å²) in [5.74, 6) is 0.266. The van der Waals surface area contributed by atoms with Crippen molar-refractivity contribution in [2.75, 3.05) is 25.1 Å². The first-order chi connectivity index (χ1) is 19.1. The number of nitrogens with zero attached hydrogens (tertiary/aromatic N) is 2. The van der Waals surface area contributed by atoms with Crippen LogP contribution >= 0.6 is 0 Å². The molecule has 3 rings (SSSR count). The fourth-order valence-corrected chi connectivity index (χ4v) is 5.67. The molecule has 214 valence electrons. The average molecular weight is 568 g/mol. The molecule has 1 N–H and O–H groups in total. The Balaban J connectivity index is 2.06. The van der Waals surface area contributed by atoms with E-state index in [0.717, 1.165) is 9.87 Å². The van der Waals surface area contributed by atoms with Gasteiger partial charge in [0.1, 0.15) is 24.1 Å². The molecule has 1 atom stereocenters. The van der Waals surface area contributed by atoms with E-state index < -0.39 is 28.5 Å². The molecule has 0 bridgehead atoms. The molecule has 0 aliphatic rings. The highest BCUT2D eigenvalue weighted by Crippen LogP contribution is 2.28. The van der Waals surface area contributed by atoms with Gasteiger partial charge in [-0.1, -0.05) is 43.3 Å². The summed E-state index contributed by atoms with van der Waals surface area (Å²) in [5, 5.41) is 2.89. The highest BCUT2D eigenvalue weighted by atomic mass is 32.2. The van der Waals surface area contributed by atoms with Gasteiger partial charge in [-0.05, 0) is 62.2 Å². The molecule has 0 spiro atoms. The van der Waals surface area contributed by atoms with E-state index in [1.165, 1.54) is 24.1 Å². The number of sulfonamides is 1. The van der Waals surface area contributed by atoms with Crippen LogP contribution in [-0.4, -0.2) is 58.0 Å². The predicted molar refractivity (Wildman–Crippen MR) is 155 cm³/mol. The minimum atomic E-state index is -4.15. The lowest BCUT2D eigenvalue weighted by atomic mass is 10.1. The SMILES string of the molecule is CC[C@H](C(=O)NC(C)C)N(Cc1ccc(OC)cc1)C(=O)CN(c1cccc(OC)c1)S(=O)(=O)c1ccccc1. The lowest BCUT2D eigenvalue weighted by Crippen LogP contribution is -2.53. The van der Waals surface area contributed by atoms with Crippen LogP contribution in [0, 0.1) is 0 Å². The van der Waals surface area contributed by atoms with Crippen LogP contribution in [0.2, 0.25) is 0 Å². The molecule has 0 aliphatic heterocycles. The second-order valence-electron chi connectivity index (χ2n) is 9.48. The van der Waals surface area contributed by atoms with Crippen molar-refractivity contribution < 1.29 is 27.5 Å². The van der Waals surface area contributed by atoms with E-state index in [1.807, 2.05) is 32.9 Å². The van der Waals surface area contributed by atoms with Gasteiger partial charge in [0, 0.05) is 18.7 Å². The third-order valence-corrected chi connectivity index (χ3v) is 8.07. The van der Waals surface area contributed by atoms with E-state index in [-0.39, 0.29) is 29.1 Å². The Morgan fingerprint density at radius 2 is 1.52 bits per heavy atom. The molecule has 0 aliphatic carbocycles. The molecule has 0 heterocycles. The van der Waals surface area contributed by atoms with E-state index in [2.05, 4.69) is 5.32 Å². The summed E-state index contributed by atoms with van der Waals surface area (Å²) >= 11 is 0. The fraction of sp³-hybridized carbons (Fsp3) is 0.333. The number of benzene rings is 3. The van der Waals surface area contributed by atoms with Crippen molar-refractivity contribution in [2.45, 2.75) is 50.7 Å². The Kier molecular flexibility index (Phi) is 10.6. The van der Waals surface area contributed by atoms with Gasteiger partial charge in [0.05, 0.1) is 24.8 Å². The van der Waals surface area contributed by atoms with Gasteiger partial charge in [-0.25, -0.2) is 8.42 Å². The standard InChI is InChI=1S/C30H37N3O6S/c1-6-28(30(35)31-22(2)3)32(20-23-15-17-25(38-4)18-16-23)29(34)21-33(24-11-10-12-26(19-24)39-5)40(36,37)27-13-8-7-9-14-27/h7-19,22,28H,6,20-21H2,1-5H3,(H,31,35)/t28-/m1/s1. The van der Waals surface area contributed by atoms with Gasteiger partial charge in [0.2, 0.25) is 11.8 Å². The Morgan fingerprint density at radius 1 is 0.875 bits per heavy atom. The summed E-state index contributed by atoms with van der Waals surface area (Å²) in [6.45, 7) is 5.09. The molecule has 0 unspecified atom stereocenters. The van der Waals surface area contributed by atoms with Gasteiger partial charge in [0.15, 0.2) is 0 Å². The number of methoxy groups -OCH3 is 2. The van der Waals surface area contributed by atoms with Crippen LogP contribution in [0.5, 0.6) is 11.5 Å². The first-order valence-corrected chi connectivity index (χ1v) is 14.5. The number of rotatable bonds is 13. The third kappa shape index (κ3) is 7.53. The molecule has 0 fully saturated rings. The lowest BCUT2D eigenvalue weighted by Gasteiger charge is -2.33. The van der Waals surface area contributed by atoms with Crippen LogP contribution in [0.25, 0.3) is 0 Å². The van der Waals surface area contributed by atoms with Crippen LogP contribution in [0.1, 0.15) is 32.8 Å². The number of hydrogen-bond acceptors (Lipinski definition) is 6. The second-order valence-corrected chi connectivity index (χ2v) is 11.3. The van der Waals surface area contributed by atoms with Crippen molar-refractivity contribution in [2.24, 2.45) is 0 Å². The fourth-order valence-electron chi connectivity index (χ4n) is 4.24.